The van der Waals surface area contributed by atoms with Gasteiger partial charge in [0.1, 0.15) is 6.04 Å². The van der Waals surface area contributed by atoms with Crippen LogP contribution in [0.3, 0.4) is 0 Å². The first-order chi connectivity index (χ1) is 11.9. The fraction of sp³-hybridized carbons (Fsp3) is 0.800. The maximum atomic E-state index is 12.6. The first-order valence-corrected chi connectivity index (χ1v) is 12.6. The third-order valence-corrected chi connectivity index (χ3v) is 9.83. The van der Waals surface area contributed by atoms with Gasteiger partial charge < -0.3 is 15.1 Å². The number of likely N-dealkylation sites (N-methyl/N-ethyl adjacent to an activating group) is 1. The predicted molar refractivity (Wildman–Crippen MR) is 112 cm³/mol. The van der Waals surface area contributed by atoms with E-state index >= 15 is 0 Å². The zero-order valence-corrected chi connectivity index (χ0v) is 19.2. The number of rotatable bonds is 10. The first-order valence-electron chi connectivity index (χ1n) is 9.69. The van der Waals surface area contributed by atoms with Gasteiger partial charge in [-0.3, -0.25) is 9.59 Å². The van der Waals surface area contributed by atoms with Crippen molar-refractivity contribution in [1.82, 2.24) is 10.6 Å². The lowest BCUT2D eigenvalue weighted by Gasteiger charge is -2.40. The highest BCUT2D eigenvalue weighted by Gasteiger charge is 2.40. The van der Waals surface area contributed by atoms with Crippen molar-refractivity contribution in [2.75, 3.05) is 7.05 Å². The molecule has 0 aromatic carbocycles. The average molecular weight is 385 g/mol. The van der Waals surface area contributed by atoms with Gasteiger partial charge in [0.25, 0.3) is 0 Å². The number of carbonyl (C=O) groups excluding carboxylic acids is 2. The highest BCUT2D eigenvalue weighted by molar-refractivity contribution is 6.74. The second-order valence-corrected chi connectivity index (χ2v) is 13.3. The Morgan fingerprint density at radius 2 is 1.81 bits per heavy atom. The molecule has 0 radical (unpaired) electrons. The van der Waals surface area contributed by atoms with E-state index in [1.54, 1.807) is 7.05 Å². The zero-order chi connectivity index (χ0) is 20.5. The molecule has 2 N–H and O–H groups in total. The van der Waals surface area contributed by atoms with Crippen LogP contribution in [0.15, 0.2) is 12.2 Å². The summed E-state index contributed by atoms with van der Waals surface area (Å²) in [5, 5.41) is 5.53. The maximum Gasteiger partial charge on any atom is 0.242 e. The van der Waals surface area contributed by atoms with E-state index < -0.39 is 14.4 Å². The van der Waals surface area contributed by atoms with Crippen molar-refractivity contribution in [3.63, 3.8) is 0 Å². The van der Waals surface area contributed by atoms with Crippen LogP contribution >= 0.6 is 0 Å². The molecule has 0 bridgehead atoms. The van der Waals surface area contributed by atoms with Gasteiger partial charge in [-0.15, -0.1) is 0 Å². The van der Waals surface area contributed by atoms with Crippen molar-refractivity contribution in [1.29, 1.82) is 0 Å². The van der Waals surface area contributed by atoms with Crippen LogP contribution in [-0.2, 0) is 14.0 Å². The topological polar surface area (TPSA) is 67.4 Å². The van der Waals surface area contributed by atoms with Gasteiger partial charge in [0.2, 0.25) is 11.8 Å². The number of carbonyl (C=O) groups is 2. The Hall–Kier alpha value is -1.14. The molecule has 0 saturated heterocycles. The second kappa shape index (κ2) is 10.9. The highest BCUT2D eigenvalue weighted by atomic mass is 28.4. The van der Waals surface area contributed by atoms with Crippen molar-refractivity contribution in [2.24, 2.45) is 5.92 Å². The normalized spacial score (nSPS) is 16.2. The average Bonchev–Trinajstić information content (AvgIpc) is 2.54. The summed E-state index contributed by atoms with van der Waals surface area (Å²) in [5.74, 6) is -0.0627. The van der Waals surface area contributed by atoms with Crippen LogP contribution in [-0.4, -0.2) is 39.3 Å². The van der Waals surface area contributed by atoms with E-state index in [0.717, 1.165) is 6.42 Å². The molecule has 0 saturated carbocycles. The molecule has 0 fully saturated rings. The van der Waals surface area contributed by atoms with Crippen molar-refractivity contribution >= 4 is 20.1 Å². The molecule has 0 unspecified atom stereocenters. The monoisotopic (exact) mass is 384 g/mol. The molecule has 0 spiro atoms. The molecular formula is C20H40N2O3Si. The number of hydrogen-bond acceptors (Lipinski definition) is 3. The molecule has 0 aliphatic rings. The van der Waals surface area contributed by atoms with Gasteiger partial charge in [-0.1, -0.05) is 46.8 Å². The Morgan fingerprint density at radius 3 is 2.23 bits per heavy atom. The Balaban J connectivity index is 5.22. The van der Waals surface area contributed by atoms with Gasteiger partial charge in [-0.2, -0.15) is 0 Å². The fourth-order valence-electron chi connectivity index (χ4n) is 2.38. The molecule has 152 valence electrons. The van der Waals surface area contributed by atoms with Crippen LogP contribution < -0.4 is 10.6 Å². The van der Waals surface area contributed by atoms with Crippen molar-refractivity contribution in [2.45, 2.75) is 91.1 Å². The van der Waals surface area contributed by atoms with Crippen LogP contribution in [0.1, 0.15) is 60.8 Å². The van der Waals surface area contributed by atoms with Crippen LogP contribution in [0.2, 0.25) is 18.1 Å². The van der Waals surface area contributed by atoms with Gasteiger partial charge in [0.05, 0.1) is 12.5 Å². The van der Waals surface area contributed by atoms with Crippen LogP contribution in [0.4, 0.5) is 0 Å². The maximum absolute atomic E-state index is 12.6. The molecule has 5 nitrogen and oxygen atoms in total. The minimum atomic E-state index is -2.00. The van der Waals surface area contributed by atoms with Gasteiger partial charge in [-0.25, -0.2) is 0 Å². The summed E-state index contributed by atoms with van der Waals surface area (Å²) in [6.45, 7) is 17.0. The Labute approximate surface area is 161 Å². The first kappa shape index (κ1) is 24.9. The summed E-state index contributed by atoms with van der Waals surface area (Å²) >= 11 is 0. The van der Waals surface area contributed by atoms with Crippen molar-refractivity contribution < 1.29 is 14.0 Å². The molecule has 0 aliphatic heterocycles. The van der Waals surface area contributed by atoms with E-state index in [-0.39, 0.29) is 35.3 Å². The van der Waals surface area contributed by atoms with Gasteiger partial charge in [-0.05, 0) is 43.8 Å². The van der Waals surface area contributed by atoms with Gasteiger partial charge in [0, 0.05) is 7.05 Å². The van der Waals surface area contributed by atoms with E-state index in [0.29, 0.717) is 6.42 Å². The summed E-state index contributed by atoms with van der Waals surface area (Å²) in [6.07, 6.45) is 5.69. The summed E-state index contributed by atoms with van der Waals surface area (Å²) in [4.78, 5) is 24.4. The van der Waals surface area contributed by atoms with Crippen molar-refractivity contribution in [3.05, 3.63) is 12.2 Å². The Bertz CT molecular complexity index is 484. The smallest absolute Gasteiger partial charge is 0.242 e. The van der Waals surface area contributed by atoms with Crippen LogP contribution in [0, 0.1) is 5.92 Å². The van der Waals surface area contributed by atoms with Crippen molar-refractivity contribution in [3.8, 4) is 0 Å². The van der Waals surface area contributed by atoms with E-state index in [1.165, 1.54) is 0 Å². The molecule has 0 aliphatic carbocycles. The SMILES string of the molecule is C/C=C/C[C@@H](C)[C@H](CC(=O)N[C@@H](CC)C(=O)NC)O[Si](C)(C)C(C)(C)C. The van der Waals surface area contributed by atoms with E-state index in [4.69, 9.17) is 4.43 Å². The number of amides is 2. The van der Waals surface area contributed by atoms with Gasteiger partial charge >= 0.3 is 0 Å². The molecule has 0 aromatic rings. The molecule has 3 atom stereocenters. The second-order valence-electron chi connectivity index (χ2n) is 8.55. The molecule has 0 rings (SSSR count). The van der Waals surface area contributed by atoms with Crippen LogP contribution in [0.25, 0.3) is 0 Å². The number of hydrogen-bond donors (Lipinski definition) is 2. The Morgan fingerprint density at radius 1 is 1.23 bits per heavy atom. The molecular weight excluding hydrogens is 344 g/mol. The van der Waals surface area contributed by atoms with E-state index in [1.807, 2.05) is 19.9 Å². The summed E-state index contributed by atoms with van der Waals surface area (Å²) < 4.78 is 6.58. The van der Waals surface area contributed by atoms with E-state index in [9.17, 15) is 9.59 Å². The van der Waals surface area contributed by atoms with Gasteiger partial charge in [0.15, 0.2) is 8.32 Å². The molecule has 0 heterocycles. The lowest BCUT2D eigenvalue weighted by Crippen LogP contribution is -2.49. The zero-order valence-electron chi connectivity index (χ0n) is 18.2. The highest BCUT2D eigenvalue weighted by Crippen LogP contribution is 2.38. The predicted octanol–water partition coefficient (Wildman–Crippen LogP) is 4.01. The third-order valence-electron chi connectivity index (χ3n) is 5.32. The largest absolute Gasteiger partial charge is 0.413 e. The lowest BCUT2D eigenvalue weighted by atomic mass is 9.97. The molecule has 6 heteroatoms. The summed E-state index contributed by atoms with van der Waals surface area (Å²) in [7, 11) is -0.414. The summed E-state index contributed by atoms with van der Waals surface area (Å²) in [5.41, 5.74) is 0. The molecule has 0 aromatic heterocycles. The Kier molecular flexibility index (Phi) is 10.4. The fourth-order valence-corrected chi connectivity index (χ4v) is 3.81. The minimum absolute atomic E-state index is 0.0795. The quantitative estimate of drug-likeness (QED) is 0.442. The number of allylic oxidation sites excluding steroid dienone is 2. The van der Waals surface area contributed by atoms with Crippen LogP contribution in [0.5, 0.6) is 0 Å². The van der Waals surface area contributed by atoms with E-state index in [2.05, 4.69) is 57.5 Å². The summed E-state index contributed by atoms with van der Waals surface area (Å²) in [6, 6.07) is -0.494. The molecule has 26 heavy (non-hydrogen) atoms. The minimum Gasteiger partial charge on any atom is -0.413 e. The lowest BCUT2D eigenvalue weighted by molar-refractivity contribution is -0.130. The molecule has 2 amide bonds. The standard InChI is InChI=1S/C20H40N2O3Si/c1-10-12-13-15(3)17(25-26(8,9)20(4,5)6)14-18(23)22-16(11-2)19(24)21-7/h10,12,15-17H,11,13-14H2,1-9H3,(H,21,24)(H,22,23)/b12-10+/t15-,16+,17+/m1/s1. The number of nitrogens with one attached hydrogen (secondary N) is 2. The third kappa shape index (κ3) is 8.04.